The highest BCUT2D eigenvalue weighted by atomic mass is 32.1. The molecule has 0 saturated carbocycles. The maximum absolute atomic E-state index is 10.3. The predicted molar refractivity (Wildman–Crippen MR) is 84.0 cm³/mol. The van der Waals surface area contributed by atoms with Crippen LogP contribution in [0.2, 0.25) is 0 Å². The van der Waals surface area contributed by atoms with Crippen molar-refractivity contribution >= 4 is 11.3 Å². The highest BCUT2D eigenvalue weighted by Crippen LogP contribution is 2.15. The van der Waals surface area contributed by atoms with Gasteiger partial charge in [-0.25, -0.2) is 4.98 Å². The fourth-order valence-corrected chi connectivity index (χ4v) is 2.75. The van der Waals surface area contributed by atoms with Gasteiger partial charge in [0.05, 0.1) is 22.7 Å². The zero-order chi connectivity index (χ0) is 15.1. The van der Waals surface area contributed by atoms with E-state index >= 15 is 0 Å². The number of aromatic nitrogens is 1. The molecule has 1 aromatic carbocycles. The Kier molecular flexibility index (Phi) is 5.88. The lowest BCUT2D eigenvalue weighted by atomic mass is 10.1. The maximum Gasteiger partial charge on any atom is 0.0991 e. The Morgan fingerprint density at radius 1 is 1.38 bits per heavy atom. The molecule has 1 unspecified atom stereocenters. The third kappa shape index (κ3) is 4.64. The van der Waals surface area contributed by atoms with E-state index in [4.69, 9.17) is 5.26 Å². The smallest absolute Gasteiger partial charge is 0.0991 e. The van der Waals surface area contributed by atoms with Gasteiger partial charge in [-0.15, -0.1) is 11.3 Å². The zero-order valence-electron chi connectivity index (χ0n) is 12.1. The lowest BCUT2D eigenvalue weighted by Crippen LogP contribution is -2.30. The molecule has 110 valence electrons. The molecule has 0 amide bonds. The summed E-state index contributed by atoms with van der Waals surface area (Å²) >= 11 is 1.66. The third-order valence-corrected chi connectivity index (χ3v) is 4.27. The minimum Gasteiger partial charge on any atom is -0.387 e. The van der Waals surface area contributed by atoms with Crippen LogP contribution in [0.1, 0.15) is 29.2 Å². The Balaban J connectivity index is 1.89. The minimum absolute atomic E-state index is 0.533. The molecular formula is C16H19N3OS. The van der Waals surface area contributed by atoms with Crippen molar-refractivity contribution in [2.75, 3.05) is 19.6 Å². The molecule has 0 bridgehead atoms. The van der Waals surface area contributed by atoms with Gasteiger partial charge in [0.15, 0.2) is 0 Å². The number of likely N-dealkylation sites (N-methyl/N-ethyl adjacent to an activating group) is 1. The van der Waals surface area contributed by atoms with Crippen molar-refractivity contribution < 1.29 is 5.11 Å². The first kappa shape index (κ1) is 15.6. The number of nitrogens with zero attached hydrogens (tertiary/aromatic N) is 3. The van der Waals surface area contributed by atoms with E-state index in [2.05, 4.69) is 22.9 Å². The van der Waals surface area contributed by atoms with Crippen molar-refractivity contribution in [3.63, 3.8) is 0 Å². The van der Waals surface area contributed by atoms with Gasteiger partial charge in [0, 0.05) is 31.1 Å². The molecule has 2 rings (SSSR count). The molecular weight excluding hydrogens is 282 g/mol. The van der Waals surface area contributed by atoms with Gasteiger partial charge in [0.1, 0.15) is 0 Å². The molecule has 2 aromatic rings. The first-order valence-corrected chi connectivity index (χ1v) is 7.89. The van der Waals surface area contributed by atoms with E-state index in [9.17, 15) is 5.11 Å². The van der Waals surface area contributed by atoms with Gasteiger partial charge < -0.3 is 10.0 Å². The molecule has 1 heterocycles. The standard InChI is InChI=1S/C16H19N3OS/c1-2-19(9-7-16-18-8-10-21-16)12-15(20)14-5-3-13(11-17)4-6-14/h3-6,8,10,15,20H,2,7,9,12H2,1H3. The molecule has 0 fully saturated rings. The average molecular weight is 301 g/mol. The highest BCUT2D eigenvalue weighted by molar-refractivity contribution is 7.09. The fraction of sp³-hybridized carbons (Fsp3) is 0.375. The van der Waals surface area contributed by atoms with Gasteiger partial charge in [0.25, 0.3) is 0 Å². The number of nitriles is 1. The summed E-state index contributed by atoms with van der Waals surface area (Å²) in [5.41, 5.74) is 1.46. The second-order valence-corrected chi connectivity index (χ2v) is 5.80. The van der Waals surface area contributed by atoms with Crippen LogP contribution in [-0.2, 0) is 6.42 Å². The zero-order valence-corrected chi connectivity index (χ0v) is 12.9. The summed E-state index contributed by atoms with van der Waals surface area (Å²) in [6.45, 7) is 4.46. The normalized spacial score (nSPS) is 12.3. The van der Waals surface area contributed by atoms with Crippen LogP contribution in [0.5, 0.6) is 0 Å². The molecule has 1 aromatic heterocycles. The highest BCUT2D eigenvalue weighted by Gasteiger charge is 2.13. The number of aliphatic hydroxyl groups is 1. The number of thiazole rings is 1. The average Bonchev–Trinajstić information content (AvgIpc) is 3.04. The number of hydrogen-bond acceptors (Lipinski definition) is 5. The van der Waals surface area contributed by atoms with Gasteiger partial charge in [-0.05, 0) is 24.2 Å². The summed E-state index contributed by atoms with van der Waals surface area (Å²) in [6, 6.07) is 9.20. The van der Waals surface area contributed by atoms with Crippen LogP contribution >= 0.6 is 11.3 Å². The van der Waals surface area contributed by atoms with E-state index in [1.54, 1.807) is 23.5 Å². The van der Waals surface area contributed by atoms with Crippen LogP contribution in [0.15, 0.2) is 35.8 Å². The van der Waals surface area contributed by atoms with Gasteiger partial charge >= 0.3 is 0 Å². The van der Waals surface area contributed by atoms with Crippen LogP contribution in [0.3, 0.4) is 0 Å². The Morgan fingerprint density at radius 2 is 2.14 bits per heavy atom. The fourth-order valence-electron chi connectivity index (χ4n) is 2.14. The summed E-state index contributed by atoms with van der Waals surface area (Å²) in [7, 11) is 0. The molecule has 0 aliphatic carbocycles. The Labute approximate surface area is 129 Å². The molecule has 0 spiro atoms. The van der Waals surface area contributed by atoms with E-state index in [1.807, 2.05) is 23.7 Å². The van der Waals surface area contributed by atoms with E-state index in [-0.39, 0.29) is 0 Å². The monoisotopic (exact) mass is 301 g/mol. The van der Waals surface area contributed by atoms with Gasteiger partial charge in [0.2, 0.25) is 0 Å². The third-order valence-electron chi connectivity index (χ3n) is 3.43. The van der Waals surface area contributed by atoms with E-state index < -0.39 is 6.10 Å². The van der Waals surface area contributed by atoms with E-state index in [0.717, 1.165) is 30.1 Å². The predicted octanol–water partition coefficient (Wildman–Crippen LogP) is 2.61. The quantitative estimate of drug-likeness (QED) is 0.854. The van der Waals surface area contributed by atoms with Crippen molar-refractivity contribution in [1.82, 2.24) is 9.88 Å². The maximum atomic E-state index is 10.3. The van der Waals surface area contributed by atoms with Crippen molar-refractivity contribution in [2.24, 2.45) is 0 Å². The summed E-state index contributed by atoms with van der Waals surface area (Å²) in [6.07, 6.45) is 2.20. The number of hydrogen-bond donors (Lipinski definition) is 1. The Bertz CT molecular complexity index is 575. The topological polar surface area (TPSA) is 60.1 Å². The Morgan fingerprint density at radius 3 is 2.71 bits per heavy atom. The van der Waals surface area contributed by atoms with Crippen LogP contribution in [-0.4, -0.2) is 34.6 Å². The first-order valence-electron chi connectivity index (χ1n) is 7.01. The largest absolute Gasteiger partial charge is 0.387 e. The number of aliphatic hydroxyl groups excluding tert-OH is 1. The Hall–Kier alpha value is -1.74. The first-order chi connectivity index (χ1) is 10.2. The molecule has 0 saturated heterocycles. The second-order valence-electron chi connectivity index (χ2n) is 4.82. The molecule has 1 N–H and O–H groups in total. The SMILES string of the molecule is CCN(CCc1nccs1)CC(O)c1ccc(C#N)cc1. The minimum atomic E-state index is -0.533. The van der Waals surface area contributed by atoms with Gasteiger partial charge in [-0.1, -0.05) is 19.1 Å². The number of benzene rings is 1. The summed E-state index contributed by atoms with van der Waals surface area (Å²) in [4.78, 5) is 6.49. The van der Waals surface area contributed by atoms with Crippen molar-refractivity contribution in [1.29, 1.82) is 5.26 Å². The van der Waals surface area contributed by atoms with E-state index in [1.165, 1.54) is 0 Å². The summed E-state index contributed by atoms with van der Waals surface area (Å²) < 4.78 is 0. The van der Waals surface area contributed by atoms with Crippen molar-refractivity contribution in [3.05, 3.63) is 52.0 Å². The summed E-state index contributed by atoms with van der Waals surface area (Å²) in [5.74, 6) is 0. The van der Waals surface area contributed by atoms with Gasteiger partial charge in [-0.2, -0.15) is 5.26 Å². The molecule has 5 heteroatoms. The van der Waals surface area contributed by atoms with E-state index in [0.29, 0.717) is 12.1 Å². The lowest BCUT2D eigenvalue weighted by molar-refractivity contribution is 0.116. The van der Waals surface area contributed by atoms with Crippen molar-refractivity contribution in [3.8, 4) is 6.07 Å². The van der Waals surface area contributed by atoms with Crippen molar-refractivity contribution in [2.45, 2.75) is 19.4 Å². The van der Waals surface area contributed by atoms with Crippen LogP contribution in [0.4, 0.5) is 0 Å². The van der Waals surface area contributed by atoms with Crippen LogP contribution < -0.4 is 0 Å². The molecule has 1 atom stereocenters. The molecule has 21 heavy (non-hydrogen) atoms. The molecule has 4 nitrogen and oxygen atoms in total. The van der Waals surface area contributed by atoms with Crippen LogP contribution in [0.25, 0.3) is 0 Å². The molecule has 0 radical (unpaired) electrons. The molecule has 0 aliphatic rings. The van der Waals surface area contributed by atoms with Crippen LogP contribution in [0, 0.1) is 11.3 Å². The lowest BCUT2D eigenvalue weighted by Gasteiger charge is -2.23. The van der Waals surface area contributed by atoms with Gasteiger partial charge in [-0.3, -0.25) is 0 Å². The number of rotatable bonds is 7. The summed E-state index contributed by atoms with van der Waals surface area (Å²) in [5, 5.41) is 22.2. The molecule has 0 aliphatic heterocycles. The second kappa shape index (κ2) is 7.89.